The van der Waals surface area contributed by atoms with Crippen molar-refractivity contribution in [1.82, 2.24) is 5.32 Å². The second-order valence-electron chi connectivity index (χ2n) is 4.61. The molecule has 0 aliphatic heterocycles. The van der Waals surface area contributed by atoms with Crippen LogP contribution < -0.4 is 10.2 Å². The van der Waals surface area contributed by atoms with Gasteiger partial charge in [-0.15, -0.1) is 0 Å². The number of halogens is 4. The van der Waals surface area contributed by atoms with E-state index in [0.29, 0.717) is 0 Å². The lowest BCUT2D eigenvalue weighted by Gasteiger charge is -2.24. The SMILES string of the molecule is COCCNC(=O)CN(C(C)=O)c1ccc(Cl)cc1C(F)(F)F. The van der Waals surface area contributed by atoms with Crippen LogP contribution >= 0.6 is 11.6 Å². The molecule has 5 nitrogen and oxygen atoms in total. The molecule has 0 heterocycles. The van der Waals surface area contributed by atoms with E-state index in [9.17, 15) is 22.8 Å². The van der Waals surface area contributed by atoms with E-state index in [1.165, 1.54) is 13.2 Å². The maximum atomic E-state index is 13.1. The quantitative estimate of drug-likeness (QED) is 0.800. The Morgan fingerprint density at radius 1 is 1.35 bits per heavy atom. The standard InChI is InChI=1S/C14H16ClF3N2O3/c1-9(21)20(8-13(22)19-5-6-23-2)12-4-3-10(15)7-11(12)14(16,17)18/h3-4,7H,5-6,8H2,1-2H3,(H,19,22). The van der Waals surface area contributed by atoms with Crippen LogP contribution in [-0.4, -0.2) is 38.6 Å². The van der Waals surface area contributed by atoms with Gasteiger partial charge in [-0.1, -0.05) is 11.6 Å². The van der Waals surface area contributed by atoms with Crippen LogP contribution in [0.5, 0.6) is 0 Å². The van der Waals surface area contributed by atoms with Gasteiger partial charge < -0.3 is 15.0 Å². The lowest BCUT2D eigenvalue weighted by Crippen LogP contribution is -2.41. The number of amides is 2. The first-order chi connectivity index (χ1) is 10.7. The van der Waals surface area contributed by atoms with Gasteiger partial charge in [0.15, 0.2) is 0 Å². The molecule has 0 aromatic heterocycles. The van der Waals surface area contributed by atoms with Crippen LogP contribution in [0.25, 0.3) is 0 Å². The lowest BCUT2D eigenvalue weighted by molar-refractivity contribution is -0.137. The van der Waals surface area contributed by atoms with E-state index >= 15 is 0 Å². The molecule has 1 rings (SSSR count). The molecular weight excluding hydrogens is 337 g/mol. The number of methoxy groups -OCH3 is 1. The molecule has 23 heavy (non-hydrogen) atoms. The molecule has 128 valence electrons. The largest absolute Gasteiger partial charge is 0.418 e. The van der Waals surface area contributed by atoms with Crippen molar-refractivity contribution in [2.45, 2.75) is 13.1 Å². The summed E-state index contributed by atoms with van der Waals surface area (Å²) < 4.78 is 44.1. The van der Waals surface area contributed by atoms with Crippen molar-refractivity contribution in [3.63, 3.8) is 0 Å². The molecule has 0 atom stereocenters. The minimum Gasteiger partial charge on any atom is -0.383 e. The highest BCUT2D eigenvalue weighted by molar-refractivity contribution is 6.30. The Morgan fingerprint density at radius 3 is 2.52 bits per heavy atom. The highest BCUT2D eigenvalue weighted by Gasteiger charge is 2.36. The molecule has 0 saturated carbocycles. The molecule has 0 spiro atoms. The van der Waals surface area contributed by atoms with Crippen molar-refractivity contribution < 1.29 is 27.5 Å². The lowest BCUT2D eigenvalue weighted by atomic mass is 10.1. The van der Waals surface area contributed by atoms with Crippen LogP contribution in [-0.2, 0) is 20.5 Å². The number of carbonyl (C=O) groups is 2. The van der Waals surface area contributed by atoms with Crippen LogP contribution in [0.2, 0.25) is 5.02 Å². The van der Waals surface area contributed by atoms with Crippen molar-refractivity contribution in [2.24, 2.45) is 0 Å². The zero-order valence-corrected chi connectivity index (χ0v) is 13.3. The van der Waals surface area contributed by atoms with E-state index < -0.39 is 35.8 Å². The van der Waals surface area contributed by atoms with Gasteiger partial charge >= 0.3 is 6.18 Å². The van der Waals surface area contributed by atoms with Gasteiger partial charge in [0.25, 0.3) is 0 Å². The van der Waals surface area contributed by atoms with Gasteiger partial charge in [0.1, 0.15) is 6.54 Å². The van der Waals surface area contributed by atoms with Gasteiger partial charge in [-0.25, -0.2) is 0 Å². The average molecular weight is 353 g/mol. The van der Waals surface area contributed by atoms with Crippen LogP contribution in [0.3, 0.4) is 0 Å². The van der Waals surface area contributed by atoms with E-state index in [1.807, 2.05) is 0 Å². The Labute approximate surface area is 136 Å². The summed E-state index contributed by atoms with van der Waals surface area (Å²) in [5.74, 6) is -1.29. The molecule has 0 fully saturated rings. The summed E-state index contributed by atoms with van der Waals surface area (Å²) in [5.41, 5.74) is -1.50. The average Bonchev–Trinajstić information content (AvgIpc) is 2.44. The van der Waals surface area contributed by atoms with Gasteiger partial charge in [-0.05, 0) is 18.2 Å². The normalized spacial score (nSPS) is 11.2. The number of benzene rings is 1. The maximum absolute atomic E-state index is 13.1. The van der Waals surface area contributed by atoms with Gasteiger partial charge in [0.05, 0.1) is 17.9 Å². The van der Waals surface area contributed by atoms with Crippen LogP contribution in [0, 0.1) is 0 Å². The number of hydrogen-bond donors (Lipinski definition) is 1. The Morgan fingerprint density at radius 2 is 2.00 bits per heavy atom. The van der Waals surface area contributed by atoms with Gasteiger partial charge in [0.2, 0.25) is 11.8 Å². The molecule has 9 heteroatoms. The first kappa shape index (κ1) is 19.2. The molecule has 0 aliphatic rings. The number of rotatable bonds is 6. The summed E-state index contributed by atoms with van der Waals surface area (Å²) >= 11 is 5.60. The number of hydrogen-bond acceptors (Lipinski definition) is 3. The fraction of sp³-hybridized carbons (Fsp3) is 0.429. The second-order valence-corrected chi connectivity index (χ2v) is 5.04. The van der Waals surface area contributed by atoms with Crippen molar-refractivity contribution >= 4 is 29.1 Å². The predicted molar refractivity (Wildman–Crippen MR) is 79.4 cm³/mol. The third-order valence-electron chi connectivity index (χ3n) is 2.86. The monoisotopic (exact) mass is 352 g/mol. The number of alkyl halides is 3. The summed E-state index contributed by atoms with van der Waals surface area (Å²) in [6.45, 7) is 0.981. The molecule has 0 bridgehead atoms. The third kappa shape index (κ3) is 5.72. The van der Waals surface area contributed by atoms with Gasteiger partial charge in [-0.3, -0.25) is 9.59 Å². The summed E-state index contributed by atoms with van der Waals surface area (Å²) in [7, 11) is 1.44. The highest BCUT2D eigenvalue weighted by Crippen LogP contribution is 2.38. The van der Waals surface area contributed by atoms with E-state index in [0.717, 1.165) is 24.0 Å². The Kier molecular flexibility index (Phi) is 6.83. The fourth-order valence-corrected chi connectivity index (χ4v) is 2.00. The zero-order chi connectivity index (χ0) is 17.6. The summed E-state index contributed by atoms with van der Waals surface area (Å²) in [6.07, 6.45) is -4.71. The third-order valence-corrected chi connectivity index (χ3v) is 3.10. The number of anilines is 1. The molecule has 1 aromatic rings. The molecule has 2 amide bonds. The van der Waals surface area contributed by atoms with Crippen molar-refractivity contribution in [1.29, 1.82) is 0 Å². The number of carbonyl (C=O) groups excluding carboxylic acids is 2. The molecule has 0 unspecified atom stereocenters. The number of nitrogens with one attached hydrogen (secondary N) is 1. The summed E-state index contributed by atoms with van der Waals surface area (Å²) in [6, 6.07) is 3.01. The minimum absolute atomic E-state index is 0.117. The molecule has 1 aromatic carbocycles. The maximum Gasteiger partial charge on any atom is 0.418 e. The fourth-order valence-electron chi connectivity index (χ4n) is 1.83. The molecule has 0 saturated heterocycles. The van der Waals surface area contributed by atoms with Crippen LogP contribution in [0.15, 0.2) is 18.2 Å². The molecule has 1 N–H and O–H groups in total. The highest BCUT2D eigenvalue weighted by atomic mass is 35.5. The van der Waals surface area contributed by atoms with Crippen LogP contribution in [0.4, 0.5) is 18.9 Å². The van der Waals surface area contributed by atoms with E-state index in [2.05, 4.69) is 5.32 Å². The first-order valence-corrected chi connectivity index (χ1v) is 6.95. The molecule has 0 aliphatic carbocycles. The zero-order valence-electron chi connectivity index (χ0n) is 12.5. The Bertz CT molecular complexity index is 579. The van der Waals surface area contributed by atoms with E-state index in [4.69, 9.17) is 16.3 Å². The Hall–Kier alpha value is -1.80. The van der Waals surface area contributed by atoms with E-state index in [1.54, 1.807) is 0 Å². The second kappa shape index (κ2) is 8.16. The summed E-state index contributed by atoms with van der Waals surface area (Å²) in [4.78, 5) is 24.2. The molecule has 0 radical (unpaired) electrons. The van der Waals surface area contributed by atoms with Crippen molar-refractivity contribution in [2.75, 3.05) is 31.7 Å². The number of nitrogens with zero attached hydrogens (tertiary/aromatic N) is 1. The Balaban J connectivity index is 3.07. The van der Waals surface area contributed by atoms with Gasteiger partial charge in [-0.2, -0.15) is 13.2 Å². The van der Waals surface area contributed by atoms with Crippen molar-refractivity contribution in [3.8, 4) is 0 Å². The minimum atomic E-state index is -4.71. The predicted octanol–water partition coefficient (Wildman–Crippen LogP) is 2.47. The van der Waals surface area contributed by atoms with Crippen molar-refractivity contribution in [3.05, 3.63) is 28.8 Å². The smallest absolute Gasteiger partial charge is 0.383 e. The molecular formula is C14H16ClF3N2O3. The summed E-state index contributed by atoms with van der Waals surface area (Å²) in [5, 5.41) is 2.33. The topological polar surface area (TPSA) is 58.6 Å². The first-order valence-electron chi connectivity index (χ1n) is 6.57. The van der Waals surface area contributed by atoms with E-state index in [-0.39, 0.29) is 18.2 Å². The van der Waals surface area contributed by atoms with Crippen LogP contribution in [0.1, 0.15) is 12.5 Å². The number of ether oxygens (including phenoxy) is 1. The van der Waals surface area contributed by atoms with Gasteiger partial charge in [0, 0.05) is 25.6 Å².